The Morgan fingerprint density at radius 1 is 1.03 bits per heavy atom. The maximum Gasteiger partial charge on any atom is 0.262 e. The average molecular weight is 471 g/mol. The number of carbonyl (C=O) groups is 2. The van der Waals surface area contributed by atoms with Crippen LogP contribution in [-0.4, -0.2) is 78.3 Å². The highest BCUT2D eigenvalue weighted by Gasteiger charge is 2.34. The molecule has 0 N–H and O–H groups in total. The van der Waals surface area contributed by atoms with E-state index >= 15 is 0 Å². The summed E-state index contributed by atoms with van der Waals surface area (Å²) in [6, 6.07) is 11.4. The zero-order chi connectivity index (χ0) is 24.1. The summed E-state index contributed by atoms with van der Waals surface area (Å²) in [4.78, 5) is 29.3. The summed E-state index contributed by atoms with van der Waals surface area (Å²) in [5.41, 5.74) is 2.07. The largest absolute Gasteiger partial charge is 0.379 e. The Morgan fingerprint density at radius 3 is 2.26 bits per heavy atom. The van der Waals surface area contributed by atoms with Crippen molar-refractivity contribution in [3.05, 3.63) is 71.3 Å². The van der Waals surface area contributed by atoms with Crippen LogP contribution in [0.2, 0.25) is 0 Å². The molecule has 9 heteroatoms. The summed E-state index contributed by atoms with van der Waals surface area (Å²) in [6.07, 6.45) is 0.400. The Hall–Kier alpha value is -3.17. The third-order valence-corrected chi connectivity index (χ3v) is 6.16. The smallest absolute Gasteiger partial charge is 0.262 e. The second kappa shape index (κ2) is 10.8. The summed E-state index contributed by atoms with van der Waals surface area (Å²) in [5.74, 6) is -1.25. The standard InChI is InChI=1S/C25H28F2N4O3/c1-18(32)30(11-10-29-12-14-34-15-13-29)17-25(33)31-24(20-4-8-22(27)9-5-20)16-23(28-31)19-2-6-21(26)7-3-19/h2-9,24H,10-17H2,1H3. The van der Waals surface area contributed by atoms with Crippen molar-refractivity contribution in [3.63, 3.8) is 0 Å². The van der Waals surface area contributed by atoms with Crippen molar-refractivity contribution in [3.8, 4) is 0 Å². The first-order valence-corrected chi connectivity index (χ1v) is 11.4. The van der Waals surface area contributed by atoms with E-state index in [9.17, 15) is 18.4 Å². The molecule has 2 aliphatic rings. The highest BCUT2D eigenvalue weighted by molar-refractivity contribution is 6.03. The van der Waals surface area contributed by atoms with E-state index in [2.05, 4.69) is 10.0 Å². The van der Waals surface area contributed by atoms with Gasteiger partial charge >= 0.3 is 0 Å². The van der Waals surface area contributed by atoms with Crippen LogP contribution >= 0.6 is 0 Å². The maximum absolute atomic E-state index is 13.5. The summed E-state index contributed by atoms with van der Waals surface area (Å²) >= 11 is 0. The number of hydrogen-bond donors (Lipinski definition) is 0. The molecule has 0 bridgehead atoms. The molecule has 180 valence electrons. The molecule has 2 aliphatic heterocycles. The minimum Gasteiger partial charge on any atom is -0.379 e. The van der Waals surface area contributed by atoms with Gasteiger partial charge in [-0.1, -0.05) is 24.3 Å². The van der Waals surface area contributed by atoms with Gasteiger partial charge in [0.05, 0.1) is 25.0 Å². The monoisotopic (exact) mass is 470 g/mol. The molecule has 1 atom stereocenters. The average Bonchev–Trinajstić information content (AvgIpc) is 3.28. The second-order valence-electron chi connectivity index (χ2n) is 8.46. The van der Waals surface area contributed by atoms with Crippen molar-refractivity contribution >= 4 is 17.5 Å². The van der Waals surface area contributed by atoms with Crippen LogP contribution in [0.25, 0.3) is 0 Å². The minimum absolute atomic E-state index is 0.114. The van der Waals surface area contributed by atoms with Gasteiger partial charge in [-0.25, -0.2) is 13.8 Å². The molecule has 0 saturated carbocycles. The van der Waals surface area contributed by atoms with Crippen molar-refractivity contribution in [2.45, 2.75) is 19.4 Å². The molecule has 1 saturated heterocycles. The summed E-state index contributed by atoms with van der Waals surface area (Å²) < 4.78 is 32.3. The Kier molecular flexibility index (Phi) is 7.64. The molecule has 0 radical (unpaired) electrons. The molecule has 1 fully saturated rings. The molecule has 7 nitrogen and oxygen atoms in total. The summed E-state index contributed by atoms with van der Waals surface area (Å²) in [7, 11) is 0. The van der Waals surface area contributed by atoms with Crippen molar-refractivity contribution in [1.29, 1.82) is 0 Å². The topological polar surface area (TPSA) is 65.5 Å². The lowest BCUT2D eigenvalue weighted by Gasteiger charge is -2.30. The van der Waals surface area contributed by atoms with E-state index in [0.29, 0.717) is 44.0 Å². The number of hydrazone groups is 1. The molecular formula is C25H28F2N4O3. The zero-order valence-corrected chi connectivity index (χ0v) is 19.1. The minimum atomic E-state index is -0.443. The highest BCUT2D eigenvalue weighted by Crippen LogP contribution is 2.33. The molecule has 34 heavy (non-hydrogen) atoms. The van der Waals surface area contributed by atoms with Gasteiger partial charge in [0.25, 0.3) is 5.91 Å². The Morgan fingerprint density at radius 2 is 1.65 bits per heavy atom. The molecule has 0 aliphatic carbocycles. The quantitative estimate of drug-likeness (QED) is 0.624. The van der Waals surface area contributed by atoms with Gasteiger partial charge in [0, 0.05) is 39.5 Å². The van der Waals surface area contributed by atoms with E-state index in [1.54, 1.807) is 24.3 Å². The van der Waals surface area contributed by atoms with Crippen LogP contribution in [0.1, 0.15) is 30.5 Å². The fraction of sp³-hybridized carbons (Fsp3) is 0.400. The number of amides is 2. The first-order valence-electron chi connectivity index (χ1n) is 11.4. The fourth-order valence-electron chi connectivity index (χ4n) is 4.17. The lowest BCUT2D eigenvalue weighted by molar-refractivity contribution is -0.140. The third-order valence-electron chi connectivity index (χ3n) is 6.16. The van der Waals surface area contributed by atoms with Gasteiger partial charge in [0.2, 0.25) is 5.91 Å². The first-order chi connectivity index (χ1) is 16.4. The molecular weight excluding hydrogens is 442 g/mol. The predicted octanol–water partition coefficient (Wildman–Crippen LogP) is 2.82. The van der Waals surface area contributed by atoms with Gasteiger partial charge in [-0.05, 0) is 35.4 Å². The number of ether oxygens (including phenoxy) is 1. The summed E-state index contributed by atoms with van der Waals surface area (Å²) in [5, 5.41) is 5.92. The van der Waals surface area contributed by atoms with Crippen molar-refractivity contribution in [2.24, 2.45) is 5.10 Å². The molecule has 2 aromatic rings. The zero-order valence-electron chi connectivity index (χ0n) is 19.1. The highest BCUT2D eigenvalue weighted by atomic mass is 19.1. The second-order valence-corrected chi connectivity index (χ2v) is 8.46. The molecule has 0 spiro atoms. The SMILES string of the molecule is CC(=O)N(CCN1CCOCC1)CC(=O)N1N=C(c2ccc(F)cc2)CC1c1ccc(F)cc1. The normalized spacial score (nSPS) is 18.6. The van der Waals surface area contributed by atoms with Gasteiger partial charge in [0.15, 0.2) is 0 Å². The van der Waals surface area contributed by atoms with Gasteiger partial charge in [0.1, 0.15) is 18.2 Å². The van der Waals surface area contributed by atoms with Crippen LogP contribution in [0.5, 0.6) is 0 Å². The predicted molar refractivity (Wildman–Crippen MR) is 123 cm³/mol. The van der Waals surface area contributed by atoms with Gasteiger partial charge < -0.3 is 9.64 Å². The first kappa shape index (κ1) is 24.0. The third kappa shape index (κ3) is 5.84. The molecule has 4 rings (SSSR count). The number of morpholine rings is 1. The van der Waals surface area contributed by atoms with E-state index < -0.39 is 6.04 Å². The van der Waals surface area contributed by atoms with E-state index in [1.165, 1.54) is 41.1 Å². The van der Waals surface area contributed by atoms with Gasteiger partial charge in [-0.2, -0.15) is 5.10 Å². The van der Waals surface area contributed by atoms with Crippen molar-refractivity contribution in [1.82, 2.24) is 14.8 Å². The number of halogens is 2. The lowest BCUT2D eigenvalue weighted by Crippen LogP contribution is -2.45. The number of nitrogens with zero attached hydrogens (tertiary/aromatic N) is 4. The number of carbonyl (C=O) groups excluding carboxylic acids is 2. The van der Waals surface area contributed by atoms with E-state index in [4.69, 9.17) is 4.74 Å². The van der Waals surface area contributed by atoms with E-state index in [0.717, 1.165) is 18.7 Å². The van der Waals surface area contributed by atoms with Gasteiger partial charge in [-0.3, -0.25) is 14.5 Å². The van der Waals surface area contributed by atoms with Crippen LogP contribution < -0.4 is 0 Å². The molecule has 2 aromatic carbocycles. The van der Waals surface area contributed by atoms with Gasteiger partial charge in [-0.15, -0.1) is 0 Å². The van der Waals surface area contributed by atoms with Crippen LogP contribution in [0.4, 0.5) is 8.78 Å². The number of benzene rings is 2. The van der Waals surface area contributed by atoms with Crippen LogP contribution in [0, 0.1) is 11.6 Å². The van der Waals surface area contributed by atoms with E-state index in [-0.39, 0.29) is 30.0 Å². The molecule has 2 heterocycles. The Bertz CT molecular complexity index is 1040. The number of rotatable bonds is 7. The fourth-order valence-corrected chi connectivity index (χ4v) is 4.17. The van der Waals surface area contributed by atoms with Crippen LogP contribution in [0.15, 0.2) is 53.6 Å². The van der Waals surface area contributed by atoms with Crippen molar-refractivity contribution < 1.29 is 23.1 Å². The maximum atomic E-state index is 13.5. The Balaban J connectivity index is 1.52. The van der Waals surface area contributed by atoms with Crippen LogP contribution in [-0.2, 0) is 14.3 Å². The molecule has 1 unspecified atom stereocenters. The molecule has 2 amide bonds. The van der Waals surface area contributed by atoms with Crippen LogP contribution in [0.3, 0.4) is 0 Å². The number of hydrogen-bond acceptors (Lipinski definition) is 5. The lowest BCUT2D eigenvalue weighted by atomic mass is 9.98. The summed E-state index contributed by atoms with van der Waals surface area (Å²) in [6.45, 7) is 5.32. The Labute approximate surface area is 197 Å². The van der Waals surface area contributed by atoms with Crippen molar-refractivity contribution in [2.75, 3.05) is 45.9 Å². The molecule has 0 aromatic heterocycles. The van der Waals surface area contributed by atoms with E-state index in [1.807, 2.05) is 0 Å².